The minimum Gasteiger partial charge on any atom is -0.327 e. The van der Waals surface area contributed by atoms with E-state index in [-0.39, 0.29) is 6.04 Å². The first-order valence-corrected chi connectivity index (χ1v) is 7.34. The molecular weight excluding hydrogens is 246 g/mol. The summed E-state index contributed by atoms with van der Waals surface area (Å²) < 4.78 is 1.88. The lowest BCUT2D eigenvalue weighted by Crippen LogP contribution is -2.31. The van der Waals surface area contributed by atoms with Gasteiger partial charge in [-0.05, 0) is 18.8 Å². The van der Waals surface area contributed by atoms with Gasteiger partial charge in [0.25, 0.3) is 0 Å². The standard InChI is InChI=1S/C14H26ClN3/c1-5-7-8-10(3)11(16)9-13-14(15)12(6-2)17-18(13)4/h10-11H,5-9,16H2,1-4H3. The molecule has 0 aliphatic heterocycles. The Morgan fingerprint density at radius 3 is 2.56 bits per heavy atom. The molecular formula is C14H26ClN3. The van der Waals surface area contributed by atoms with Crippen molar-refractivity contribution in [2.75, 3.05) is 0 Å². The van der Waals surface area contributed by atoms with Crippen LogP contribution in [0, 0.1) is 5.92 Å². The highest BCUT2D eigenvalue weighted by atomic mass is 35.5. The Bertz CT molecular complexity index is 373. The van der Waals surface area contributed by atoms with Crippen LogP contribution < -0.4 is 5.73 Å². The van der Waals surface area contributed by atoms with E-state index in [4.69, 9.17) is 17.3 Å². The van der Waals surface area contributed by atoms with E-state index in [1.54, 1.807) is 0 Å². The summed E-state index contributed by atoms with van der Waals surface area (Å²) in [6, 6.07) is 0.161. The molecule has 0 fully saturated rings. The van der Waals surface area contributed by atoms with Gasteiger partial charge in [0.05, 0.1) is 16.4 Å². The van der Waals surface area contributed by atoms with Crippen LogP contribution in [0.1, 0.15) is 51.4 Å². The number of aryl methyl sites for hydroxylation is 2. The lowest BCUT2D eigenvalue weighted by atomic mass is 9.93. The van der Waals surface area contributed by atoms with Crippen molar-refractivity contribution in [1.82, 2.24) is 9.78 Å². The zero-order valence-corrected chi connectivity index (χ0v) is 12.8. The van der Waals surface area contributed by atoms with E-state index in [2.05, 4.69) is 25.9 Å². The first-order chi connectivity index (χ1) is 8.51. The van der Waals surface area contributed by atoms with E-state index in [9.17, 15) is 0 Å². The molecule has 1 rings (SSSR count). The smallest absolute Gasteiger partial charge is 0.0850 e. The second-order valence-corrected chi connectivity index (χ2v) is 5.55. The van der Waals surface area contributed by atoms with Crippen LogP contribution in [0.5, 0.6) is 0 Å². The average molecular weight is 272 g/mol. The van der Waals surface area contributed by atoms with Crippen LogP contribution in [0.25, 0.3) is 0 Å². The predicted molar refractivity (Wildman–Crippen MR) is 78.0 cm³/mol. The Hall–Kier alpha value is -0.540. The SMILES string of the molecule is CCCCC(C)C(N)Cc1c(Cl)c(CC)nn1C. The van der Waals surface area contributed by atoms with Crippen molar-refractivity contribution in [3.63, 3.8) is 0 Å². The van der Waals surface area contributed by atoms with Crippen LogP contribution in [0.4, 0.5) is 0 Å². The first kappa shape index (κ1) is 15.5. The maximum Gasteiger partial charge on any atom is 0.0850 e. The lowest BCUT2D eigenvalue weighted by molar-refractivity contribution is 0.404. The number of aromatic nitrogens is 2. The molecule has 1 aromatic heterocycles. The molecule has 0 saturated heterocycles. The molecule has 0 amide bonds. The van der Waals surface area contributed by atoms with Gasteiger partial charge in [-0.3, -0.25) is 4.68 Å². The molecule has 0 aliphatic rings. The normalized spacial score (nSPS) is 14.8. The molecule has 0 aromatic carbocycles. The molecule has 104 valence electrons. The monoisotopic (exact) mass is 271 g/mol. The van der Waals surface area contributed by atoms with Gasteiger partial charge in [0, 0.05) is 19.5 Å². The van der Waals surface area contributed by atoms with E-state index >= 15 is 0 Å². The Balaban J connectivity index is 2.69. The highest BCUT2D eigenvalue weighted by molar-refractivity contribution is 6.31. The van der Waals surface area contributed by atoms with Gasteiger partial charge < -0.3 is 5.73 Å². The Morgan fingerprint density at radius 2 is 2.06 bits per heavy atom. The van der Waals surface area contributed by atoms with Gasteiger partial charge >= 0.3 is 0 Å². The molecule has 3 nitrogen and oxygen atoms in total. The molecule has 1 aromatic rings. The van der Waals surface area contributed by atoms with Gasteiger partial charge in [-0.25, -0.2) is 0 Å². The molecule has 2 N–H and O–H groups in total. The van der Waals surface area contributed by atoms with Crippen LogP contribution >= 0.6 is 11.6 Å². The fraction of sp³-hybridized carbons (Fsp3) is 0.786. The third-order valence-electron chi connectivity index (χ3n) is 3.68. The largest absolute Gasteiger partial charge is 0.327 e. The fourth-order valence-corrected chi connectivity index (χ4v) is 2.58. The summed E-state index contributed by atoms with van der Waals surface area (Å²) in [7, 11) is 1.95. The molecule has 0 radical (unpaired) electrons. The highest BCUT2D eigenvalue weighted by Gasteiger charge is 2.19. The topological polar surface area (TPSA) is 43.8 Å². The summed E-state index contributed by atoms with van der Waals surface area (Å²) in [5.74, 6) is 0.529. The van der Waals surface area contributed by atoms with Crippen molar-refractivity contribution in [2.45, 2.75) is 58.9 Å². The van der Waals surface area contributed by atoms with Crippen molar-refractivity contribution >= 4 is 11.6 Å². The number of hydrogen-bond acceptors (Lipinski definition) is 2. The molecule has 4 heteroatoms. The molecule has 18 heavy (non-hydrogen) atoms. The number of rotatable bonds is 7. The maximum absolute atomic E-state index is 6.34. The zero-order valence-electron chi connectivity index (χ0n) is 12.0. The van der Waals surface area contributed by atoms with Gasteiger partial charge in [-0.1, -0.05) is 45.2 Å². The van der Waals surface area contributed by atoms with Crippen LogP contribution in [0.3, 0.4) is 0 Å². The van der Waals surface area contributed by atoms with E-state index < -0.39 is 0 Å². The molecule has 0 bridgehead atoms. The van der Waals surface area contributed by atoms with Crippen molar-refractivity contribution < 1.29 is 0 Å². The van der Waals surface area contributed by atoms with E-state index in [1.165, 1.54) is 19.3 Å². The number of nitrogens with two attached hydrogens (primary N) is 1. The van der Waals surface area contributed by atoms with Gasteiger partial charge in [-0.15, -0.1) is 0 Å². The number of hydrogen-bond donors (Lipinski definition) is 1. The van der Waals surface area contributed by atoms with Crippen molar-refractivity contribution in [3.05, 3.63) is 16.4 Å². The van der Waals surface area contributed by atoms with E-state index in [0.717, 1.165) is 29.3 Å². The van der Waals surface area contributed by atoms with Gasteiger partial charge in [0.15, 0.2) is 0 Å². The lowest BCUT2D eigenvalue weighted by Gasteiger charge is -2.19. The van der Waals surface area contributed by atoms with Gasteiger partial charge in [0.2, 0.25) is 0 Å². The van der Waals surface area contributed by atoms with E-state index in [1.807, 2.05) is 11.7 Å². The predicted octanol–water partition coefficient (Wildman–Crippen LogP) is 3.33. The Morgan fingerprint density at radius 1 is 1.39 bits per heavy atom. The minimum atomic E-state index is 0.161. The highest BCUT2D eigenvalue weighted by Crippen LogP contribution is 2.24. The summed E-state index contributed by atoms with van der Waals surface area (Å²) >= 11 is 6.34. The number of nitrogens with zero attached hydrogens (tertiary/aromatic N) is 2. The molecule has 0 spiro atoms. The average Bonchev–Trinajstić information content (AvgIpc) is 2.63. The summed E-state index contributed by atoms with van der Waals surface area (Å²) in [5, 5.41) is 5.24. The molecule has 2 unspecified atom stereocenters. The Kier molecular flexibility index (Phi) is 6.16. The van der Waals surface area contributed by atoms with Crippen molar-refractivity contribution in [1.29, 1.82) is 0 Å². The summed E-state index contributed by atoms with van der Waals surface area (Å²) in [5.41, 5.74) is 8.33. The maximum atomic E-state index is 6.34. The number of unbranched alkanes of at least 4 members (excludes halogenated alkanes) is 1. The van der Waals surface area contributed by atoms with E-state index in [0.29, 0.717) is 5.92 Å². The quantitative estimate of drug-likeness (QED) is 0.827. The van der Waals surface area contributed by atoms with Crippen molar-refractivity contribution in [3.8, 4) is 0 Å². The second-order valence-electron chi connectivity index (χ2n) is 5.17. The van der Waals surface area contributed by atoms with Crippen LogP contribution in [-0.2, 0) is 19.9 Å². The van der Waals surface area contributed by atoms with Gasteiger partial charge in [0.1, 0.15) is 0 Å². The summed E-state index contributed by atoms with van der Waals surface area (Å²) in [6.07, 6.45) is 5.34. The fourth-order valence-electron chi connectivity index (χ4n) is 2.21. The summed E-state index contributed by atoms with van der Waals surface area (Å²) in [6.45, 7) is 6.51. The van der Waals surface area contributed by atoms with Crippen LogP contribution in [0.15, 0.2) is 0 Å². The van der Waals surface area contributed by atoms with Crippen LogP contribution in [0.2, 0.25) is 5.02 Å². The third kappa shape index (κ3) is 3.72. The number of halogens is 1. The third-order valence-corrected chi connectivity index (χ3v) is 4.11. The molecule has 0 aliphatic carbocycles. The Labute approximate surface area is 116 Å². The minimum absolute atomic E-state index is 0.161. The molecule has 1 heterocycles. The zero-order chi connectivity index (χ0) is 13.7. The first-order valence-electron chi connectivity index (χ1n) is 6.97. The van der Waals surface area contributed by atoms with Crippen molar-refractivity contribution in [2.24, 2.45) is 18.7 Å². The van der Waals surface area contributed by atoms with Crippen LogP contribution in [-0.4, -0.2) is 15.8 Å². The summed E-state index contributed by atoms with van der Waals surface area (Å²) in [4.78, 5) is 0. The second kappa shape index (κ2) is 7.15. The molecule has 2 atom stereocenters. The van der Waals surface area contributed by atoms with Gasteiger partial charge in [-0.2, -0.15) is 5.10 Å². The molecule has 0 saturated carbocycles.